The van der Waals surface area contributed by atoms with Crippen molar-refractivity contribution in [2.45, 2.75) is 114 Å². The first-order chi connectivity index (χ1) is 21.8. The second-order valence-corrected chi connectivity index (χ2v) is 14.3. The topological polar surface area (TPSA) is 143 Å². The first-order valence-electron chi connectivity index (χ1n) is 16.5. The number of fused-ring (bicyclic) bond motifs is 4. The van der Waals surface area contributed by atoms with E-state index in [4.69, 9.17) is 14.2 Å². The van der Waals surface area contributed by atoms with E-state index in [-0.39, 0.29) is 36.2 Å². The van der Waals surface area contributed by atoms with Gasteiger partial charge in [0.2, 0.25) is 0 Å². The summed E-state index contributed by atoms with van der Waals surface area (Å²) in [4.78, 5) is 57.8. The number of hydrogen-bond donors (Lipinski definition) is 2. The van der Waals surface area contributed by atoms with Gasteiger partial charge < -0.3 is 24.4 Å². The molecule has 11 nitrogen and oxygen atoms in total. The van der Waals surface area contributed by atoms with E-state index in [2.05, 4.69) is 9.80 Å². The Morgan fingerprint density at radius 2 is 1.39 bits per heavy atom. The van der Waals surface area contributed by atoms with Crippen molar-refractivity contribution in [2.75, 3.05) is 14.1 Å². The normalized spacial score (nSPS) is 40.6. The molecule has 46 heavy (non-hydrogen) atoms. The fourth-order valence-corrected chi connectivity index (χ4v) is 9.05. The number of nitrogens with zero attached hydrogens (tertiary/aromatic N) is 2. The number of allylic oxidation sites excluding steroid dienone is 1. The summed E-state index contributed by atoms with van der Waals surface area (Å²) in [7, 11) is 3.94. The van der Waals surface area contributed by atoms with Gasteiger partial charge in [0.05, 0.1) is 29.4 Å². The third kappa shape index (κ3) is 5.44. The third-order valence-electron chi connectivity index (χ3n) is 11.9. The number of carboxylic acids is 1. The molecule has 5 fully saturated rings. The van der Waals surface area contributed by atoms with Crippen molar-refractivity contribution < 1.29 is 43.6 Å². The summed E-state index contributed by atoms with van der Waals surface area (Å²) in [5, 5.41) is 20.9. The molecule has 4 bridgehead atoms. The quantitative estimate of drug-likeness (QED) is 0.247. The molecule has 1 saturated carbocycles. The number of aliphatic hydroxyl groups excluding tert-OH is 1. The number of rotatable bonds is 8. The van der Waals surface area contributed by atoms with Crippen LogP contribution in [0.3, 0.4) is 0 Å². The Morgan fingerprint density at radius 3 is 2.00 bits per heavy atom. The molecule has 0 amide bonds. The van der Waals surface area contributed by atoms with Crippen molar-refractivity contribution in [1.29, 1.82) is 0 Å². The summed E-state index contributed by atoms with van der Waals surface area (Å²) in [5.74, 6) is -5.85. The molecule has 0 unspecified atom stereocenters. The number of aliphatic carboxylic acids is 1. The van der Waals surface area contributed by atoms with Gasteiger partial charge in [-0.25, -0.2) is 4.79 Å². The first kappa shape index (κ1) is 32.7. The molecule has 12 atom stereocenters. The predicted octanol–water partition coefficient (Wildman–Crippen LogP) is 2.90. The van der Waals surface area contributed by atoms with Crippen molar-refractivity contribution in [2.24, 2.45) is 17.3 Å². The van der Waals surface area contributed by atoms with Crippen LogP contribution in [0.4, 0.5) is 0 Å². The van der Waals surface area contributed by atoms with Gasteiger partial charge in [0, 0.05) is 55.3 Å². The molecule has 6 rings (SSSR count). The highest BCUT2D eigenvalue weighted by atomic mass is 16.6. The summed E-state index contributed by atoms with van der Waals surface area (Å²) in [6.45, 7) is 4.95. The molecule has 5 aliphatic rings. The number of hydrogen-bond acceptors (Lipinski definition) is 10. The lowest BCUT2D eigenvalue weighted by Crippen LogP contribution is -2.64. The largest absolute Gasteiger partial charge is 0.481 e. The van der Waals surface area contributed by atoms with Crippen molar-refractivity contribution in [3.05, 3.63) is 47.5 Å². The van der Waals surface area contributed by atoms with Gasteiger partial charge in [-0.15, -0.1) is 0 Å². The van der Waals surface area contributed by atoms with Gasteiger partial charge in [0.1, 0.15) is 18.3 Å². The van der Waals surface area contributed by atoms with Gasteiger partial charge in [-0.3, -0.25) is 24.2 Å². The molecule has 0 spiro atoms. The number of ether oxygens (including phenoxy) is 3. The minimum Gasteiger partial charge on any atom is -0.481 e. The molecule has 4 heterocycles. The summed E-state index contributed by atoms with van der Waals surface area (Å²) in [6, 6.07) is 8.91. The lowest BCUT2D eigenvalue weighted by Gasteiger charge is -2.54. The predicted molar refractivity (Wildman–Crippen MR) is 165 cm³/mol. The van der Waals surface area contributed by atoms with Crippen LogP contribution in [-0.4, -0.2) is 107 Å². The Labute approximate surface area is 269 Å². The van der Waals surface area contributed by atoms with Crippen molar-refractivity contribution >= 4 is 23.9 Å². The smallest absolute Gasteiger partial charge is 0.333 e. The number of carboxylic acid groups (broad SMARTS) is 1. The van der Waals surface area contributed by atoms with E-state index < -0.39 is 59.4 Å². The Balaban J connectivity index is 1.21. The van der Waals surface area contributed by atoms with Crippen molar-refractivity contribution in [3.63, 3.8) is 0 Å². The van der Waals surface area contributed by atoms with Crippen LogP contribution in [0.25, 0.3) is 0 Å². The van der Waals surface area contributed by atoms with E-state index in [1.807, 2.05) is 20.2 Å². The number of likely N-dealkylation sites (N-methyl/N-ethyl adjacent to an activating group) is 2. The maximum Gasteiger partial charge on any atom is 0.333 e. The number of esters is 3. The zero-order valence-corrected chi connectivity index (χ0v) is 27.2. The molecule has 1 aromatic rings. The number of carbonyl (C=O) groups is 4. The number of carbonyl (C=O) groups excluding carboxylic acids is 3. The van der Waals surface area contributed by atoms with E-state index in [1.54, 1.807) is 44.2 Å². The SMILES string of the molecule is C/C=C(/C)C(=O)O[C@@H]1C[C@@H]2C[C@@H](OC(=O)[C@H]3[C@H](c4ccccc4)[C@H](C(=O)O[C@@H]4C[C@H]5C[C@@H](O)C[C@@H]4N5C)[C@]3(C)C(=O)O)C[C@H]1N2C. The molecular weight excluding hydrogens is 592 g/mol. The highest BCUT2D eigenvalue weighted by Gasteiger charge is 2.71. The Kier molecular flexibility index (Phi) is 8.80. The zero-order chi connectivity index (χ0) is 33.1. The number of piperidine rings is 2. The summed E-state index contributed by atoms with van der Waals surface area (Å²) >= 11 is 0. The second-order valence-electron chi connectivity index (χ2n) is 14.3. The van der Waals surface area contributed by atoms with Crippen molar-refractivity contribution in [1.82, 2.24) is 9.80 Å². The van der Waals surface area contributed by atoms with E-state index in [0.29, 0.717) is 49.7 Å². The summed E-state index contributed by atoms with van der Waals surface area (Å²) < 4.78 is 18.0. The van der Waals surface area contributed by atoms with Gasteiger partial charge in [-0.05, 0) is 53.3 Å². The zero-order valence-electron chi connectivity index (χ0n) is 27.2. The molecule has 1 aromatic carbocycles. The average Bonchev–Trinajstić information content (AvgIpc) is 3.27. The Morgan fingerprint density at radius 1 is 0.826 bits per heavy atom. The summed E-state index contributed by atoms with van der Waals surface area (Å²) in [5.41, 5.74) is -0.538. The molecule has 250 valence electrons. The van der Waals surface area contributed by atoms with Gasteiger partial charge in [-0.2, -0.15) is 0 Å². The maximum atomic E-state index is 14.1. The maximum absolute atomic E-state index is 14.1. The number of aliphatic hydroxyl groups is 1. The lowest BCUT2D eigenvalue weighted by atomic mass is 9.45. The third-order valence-corrected chi connectivity index (χ3v) is 11.9. The van der Waals surface area contributed by atoms with E-state index >= 15 is 0 Å². The fourth-order valence-electron chi connectivity index (χ4n) is 9.05. The Bertz CT molecular complexity index is 1400. The monoisotopic (exact) mass is 638 g/mol. The highest BCUT2D eigenvalue weighted by molar-refractivity contribution is 5.95. The molecule has 4 aliphatic heterocycles. The average molecular weight is 639 g/mol. The molecular formula is C35H46N2O9. The fraction of sp³-hybridized carbons (Fsp3) is 0.657. The lowest BCUT2D eigenvalue weighted by molar-refractivity contribution is -0.205. The van der Waals surface area contributed by atoms with E-state index in [9.17, 15) is 29.4 Å². The van der Waals surface area contributed by atoms with Gasteiger partial charge in [0.25, 0.3) is 0 Å². The molecule has 0 radical (unpaired) electrons. The van der Waals surface area contributed by atoms with Crippen LogP contribution in [0.1, 0.15) is 70.8 Å². The molecule has 0 aromatic heterocycles. The first-order valence-corrected chi connectivity index (χ1v) is 16.5. The molecule has 4 saturated heterocycles. The van der Waals surface area contributed by atoms with Crippen LogP contribution < -0.4 is 0 Å². The van der Waals surface area contributed by atoms with Gasteiger partial charge in [0.15, 0.2) is 0 Å². The van der Waals surface area contributed by atoms with Gasteiger partial charge >= 0.3 is 23.9 Å². The van der Waals surface area contributed by atoms with Crippen LogP contribution in [-0.2, 0) is 33.4 Å². The second kappa shape index (κ2) is 12.4. The molecule has 2 N–H and O–H groups in total. The van der Waals surface area contributed by atoms with Gasteiger partial charge in [-0.1, -0.05) is 36.4 Å². The van der Waals surface area contributed by atoms with Crippen LogP contribution in [0.5, 0.6) is 0 Å². The Hall–Kier alpha value is -3.28. The van der Waals surface area contributed by atoms with Crippen LogP contribution in [0.2, 0.25) is 0 Å². The summed E-state index contributed by atoms with van der Waals surface area (Å²) in [6.07, 6.45) is 3.25. The van der Waals surface area contributed by atoms with Crippen molar-refractivity contribution in [3.8, 4) is 0 Å². The molecule has 1 aliphatic carbocycles. The van der Waals surface area contributed by atoms with Crippen LogP contribution >= 0.6 is 0 Å². The van der Waals surface area contributed by atoms with E-state index in [0.717, 1.165) is 0 Å². The standard InChI is InChI=1S/C35H46N2O9/c1-6-18(2)31(39)45-27-15-21-13-23(17-25(27)37(21)5)44-32(40)29-28(19-10-8-7-9-11-19)30(35(29,3)34(42)43)33(41)46-26-14-20-12-22(38)16-24(26)36(20)4/h6-11,20-30,38H,12-17H2,1-5H3,(H,42,43)/b18-6-/t20-,21+,22-,23-,24+,25-,26-,27-,28+,29-,30-,35-/m1/s1. The van der Waals surface area contributed by atoms with Crippen LogP contribution in [0.15, 0.2) is 42.0 Å². The number of benzene rings is 1. The van der Waals surface area contributed by atoms with E-state index in [1.165, 1.54) is 6.92 Å². The highest BCUT2D eigenvalue weighted by Crippen LogP contribution is 2.62. The minimum absolute atomic E-state index is 0.0441. The molecule has 11 heteroatoms. The minimum atomic E-state index is -1.75. The van der Waals surface area contributed by atoms with Crippen LogP contribution in [0, 0.1) is 17.3 Å².